The monoisotopic (exact) mass is 340 g/mol. The van der Waals surface area contributed by atoms with Gasteiger partial charge in [-0.15, -0.1) is 0 Å². The smallest absolute Gasteiger partial charge is 0.251 e. The SMILES string of the molecule is CCCOc1ccccc1NC(=O)CCCNC(=O)c1ccccc1. The van der Waals surface area contributed by atoms with Gasteiger partial charge in [0.25, 0.3) is 5.91 Å². The van der Waals surface area contributed by atoms with Gasteiger partial charge in [0, 0.05) is 18.5 Å². The third kappa shape index (κ3) is 6.30. The molecule has 0 radical (unpaired) electrons. The van der Waals surface area contributed by atoms with Gasteiger partial charge >= 0.3 is 0 Å². The third-order valence-corrected chi connectivity index (χ3v) is 3.52. The van der Waals surface area contributed by atoms with Crippen molar-refractivity contribution in [3.8, 4) is 5.75 Å². The van der Waals surface area contributed by atoms with Crippen LogP contribution < -0.4 is 15.4 Å². The predicted octanol–water partition coefficient (Wildman–Crippen LogP) is 3.62. The number of ether oxygens (including phenoxy) is 1. The molecule has 2 N–H and O–H groups in total. The number of anilines is 1. The van der Waals surface area contributed by atoms with Gasteiger partial charge in [-0.2, -0.15) is 0 Å². The minimum Gasteiger partial charge on any atom is -0.491 e. The quantitative estimate of drug-likeness (QED) is 0.685. The maximum absolute atomic E-state index is 12.1. The van der Waals surface area contributed by atoms with Gasteiger partial charge < -0.3 is 15.4 Å². The molecule has 25 heavy (non-hydrogen) atoms. The molecule has 0 aliphatic carbocycles. The number of para-hydroxylation sites is 2. The average molecular weight is 340 g/mol. The maximum atomic E-state index is 12.1. The largest absolute Gasteiger partial charge is 0.491 e. The molecule has 0 atom stereocenters. The molecule has 2 aromatic carbocycles. The van der Waals surface area contributed by atoms with E-state index in [0.29, 0.717) is 43.0 Å². The van der Waals surface area contributed by atoms with Crippen LogP contribution in [0.2, 0.25) is 0 Å². The van der Waals surface area contributed by atoms with E-state index in [1.807, 2.05) is 49.4 Å². The summed E-state index contributed by atoms with van der Waals surface area (Å²) in [6.45, 7) is 3.10. The van der Waals surface area contributed by atoms with Crippen LogP contribution in [0.25, 0.3) is 0 Å². The summed E-state index contributed by atoms with van der Waals surface area (Å²) in [7, 11) is 0. The molecule has 2 amide bonds. The zero-order valence-electron chi connectivity index (χ0n) is 14.5. The molecule has 2 rings (SSSR count). The highest BCUT2D eigenvalue weighted by molar-refractivity contribution is 5.94. The topological polar surface area (TPSA) is 67.4 Å². The molecule has 5 nitrogen and oxygen atoms in total. The normalized spacial score (nSPS) is 10.1. The molecule has 5 heteroatoms. The highest BCUT2D eigenvalue weighted by Gasteiger charge is 2.08. The van der Waals surface area contributed by atoms with Gasteiger partial charge in [0.1, 0.15) is 5.75 Å². The van der Waals surface area contributed by atoms with Crippen molar-refractivity contribution >= 4 is 17.5 Å². The van der Waals surface area contributed by atoms with Crippen molar-refractivity contribution in [1.29, 1.82) is 0 Å². The van der Waals surface area contributed by atoms with E-state index < -0.39 is 0 Å². The average Bonchev–Trinajstić information content (AvgIpc) is 2.65. The number of nitrogens with one attached hydrogen (secondary N) is 2. The van der Waals surface area contributed by atoms with Crippen molar-refractivity contribution < 1.29 is 14.3 Å². The minimum atomic E-state index is -0.126. The predicted molar refractivity (Wildman–Crippen MR) is 98.9 cm³/mol. The molecule has 0 saturated heterocycles. The molecule has 0 unspecified atom stereocenters. The Hall–Kier alpha value is -2.82. The van der Waals surface area contributed by atoms with Crippen molar-refractivity contribution in [3.63, 3.8) is 0 Å². The zero-order chi connectivity index (χ0) is 17.9. The lowest BCUT2D eigenvalue weighted by Crippen LogP contribution is -2.25. The van der Waals surface area contributed by atoms with E-state index in [2.05, 4.69) is 10.6 Å². The van der Waals surface area contributed by atoms with Crippen molar-refractivity contribution in [1.82, 2.24) is 5.32 Å². The van der Waals surface area contributed by atoms with E-state index in [9.17, 15) is 9.59 Å². The summed E-state index contributed by atoms with van der Waals surface area (Å²) >= 11 is 0. The molecule has 0 saturated carbocycles. The second-order valence-corrected chi connectivity index (χ2v) is 5.62. The van der Waals surface area contributed by atoms with Gasteiger partial charge in [-0.3, -0.25) is 9.59 Å². The second kappa shape index (κ2) is 10.1. The van der Waals surface area contributed by atoms with Gasteiger partial charge in [0.2, 0.25) is 5.91 Å². The first kappa shape index (κ1) is 18.5. The summed E-state index contributed by atoms with van der Waals surface area (Å²) < 4.78 is 5.62. The number of rotatable bonds is 9. The van der Waals surface area contributed by atoms with E-state index in [1.165, 1.54) is 0 Å². The third-order valence-electron chi connectivity index (χ3n) is 3.52. The number of carbonyl (C=O) groups excluding carboxylic acids is 2. The van der Waals surface area contributed by atoms with Gasteiger partial charge in [-0.05, 0) is 37.1 Å². The van der Waals surface area contributed by atoms with E-state index >= 15 is 0 Å². The van der Waals surface area contributed by atoms with Crippen molar-refractivity contribution in [3.05, 3.63) is 60.2 Å². The van der Waals surface area contributed by atoms with Crippen molar-refractivity contribution in [2.45, 2.75) is 26.2 Å². The van der Waals surface area contributed by atoms with E-state index in [-0.39, 0.29) is 11.8 Å². The molecule has 0 heterocycles. The van der Waals surface area contributed by atoms with Crippen molar-refractivity contribution in [2.24, 2.45) is 0 Å². The summed E-state index contributed by atoms with van der Waals surface area (Å²) in [5.41, 5.74) is 1.29. The Morgan fingerprint density at radius 1 is 1.00 bits per heavy atom. The Kier molecular flexibility index (Phi) is 7.50. The number of benzene rings is 2. The summed E-state index contributed by atoms with van der Waals surface area (Å²) in [6.07, 6.45) is 1.81. The molecular formula is C20H24N2O3. The standard InChI is InChI=1S/C20H24N2O3/c1-2-15-25-18-12-7-6-11-17(18)22-19(23)13-8-14-21-20(24)16-9-4-3-5-10-16/h3-7,9-12H,2,8,13-15H2,1H3,(H,21,24)(H,22,23). The van der Waals surface area contributed by atoms with Crippen LogP contribution in [-0.4, -0.2) is 25.0 Å². The van der Waals surface area contributed by atoms with E-state index in [4.69, 9.17) is 4.74 Å². The first-order valence-electron chi connectivity index (χ1n) is 8.55. The van der Waals surface area contributed by atoms with Crippen LogP contribution >= 0.6 is 0 Å². The van der Waals surface area contributed by atoms with Crippen LogP contribution in [0.4, 0.5) is 5.69 Å². The lowest BCUT2D eigenvalue weighted by molar-refractivity contribution is -0.116. The Labute approximate surface area is 148 Å². The van der Waals surface area contributed by atoms with Crippen LogP contribution in [0.15, 0.2) is 54.6 Å². The Balaban J connectivity index is 1.73. The summed E-state index contributed by atoms with van der Waals surface area (Å²) in [5.74, 6) is 0.455. The Morgan fingerprint density at radius 2 is 1.72 bits per heavy atom. The molecule has 0 bridgehead atoms. The van der Waals surface area contributed by atoms with Gasteiger partial charge in [-0.25, -0.2) is 0 Å². The van der Waals surface area contributed by atoms with E-state index in [1.54, 1.807) is 12.1 Å². The molecular weight excluding hydrogens is 316 g/mol. The molecule has 132 valence electrons. The second-order valence-electron chi connectivity index (χ2n) is 5.62. The molecule has 0 fully saturated rings. The molecule has 0 aliphatic rings. The van der Waals surface area contributed by atoms with Crippen LogP contribution in [0.5, 0.6) is 5.75 Å². The van der Waals surface area contributed by atoms with Crippen LogP contribution in [0.3, 0.4) is 0 Å². The lowest BCUT2D eigenvalue weighted by Gasteiger charge is -2.12. The van der Waals surface area contributed by atoms with Gasteiger partial charge in [0.15, 0.2) is 0 Å². The fourth-order valence-corrected chi connectivity index (χ4v) is 2.26. The summed E-state index contributed by atoms with van der Waals surface area (Å²) in [4.78, 5) is 24.0. The first-order valence-corrected chi connectivity index (χ1v) is 8.55. The molecule has 0 aliphatic heterocycles. The molecule has 0 spiro atoms. The fourth-order valence-electron chi connectivity index (χ4n) is 2.26. The number of hydrogen-bond acceptors (Lipinski definition) is 3. The molecule has 2 aromatic rings. The Morgan fingerprint density at radius 3 is 2.48 bits per heavy atom. The van der Waals surface area contributed by atoms with Crippen LogP contribution in [0.1, 0.15) is 36.5 Å². The summed E-state index contributed by atoms with van der Waals surface area (Å²) in [6, 6.07) is 16.4. The first-order chi connectivity index (χ1) is 12.2. The highest BCUT2D eigenvalue weighted by Crippen LogP contribution is 2.24. The number of hydrogen-bond donors (Lipinski definition) is 2. The Bertz CT molecular complexity index is 686. The van der Waals surface area contributed by atoms with Crippen molar-refractivity contribution in [2.75, 3.05) is 18.5 Å². The zero-order valence-corrected chi connectivity index (χ0v) is 14.5. The van der Waals surface area contributed by atoms with Gasteiger partial charge in [-0.1, -0.05) is 37.3 Å². The number of carbonyl (C=O) groups is 2. The minimum absolute atomic E-state index is 0.0958. The van der Waals surface area contributed by atoms with Crippen LogP contribution in [-0.2, 0) is 4.79 Å². The van der Waals surface area contributed by atoms with E-state index in [0.717, 1.165) is 6.42 Å². The van der Waals surface area contributed by atoms with Crippen LogP contribution in [0, 0.1) is 0 Å². The van der Waals surface area contributed by atoms with Gasteiger partial charge in [0.05, 0.1) is 12.3 Å². The fraction of sp³-hybridized carbons (Fsp3) is 0.300. The molecule has 0 aromatic heterocycles. The summed E-state index contributed by atoms with van der Waals surface area (Å²) in [5, 5.41) is 5.68. The number of amides is 2. The maximum Gasteiger partial charge on any atom is 0.251 e. The lowest BCUT2D eigenvalue weighted by atomic mass is 10.2. The highest BCUT2D eigenvalue weighted by atomic mass is 16.5.